The van der Waals surface area contributed by atoms with Crippen LogP contribution < -0.4 is 5.32 Å². The second-order valence-electron chi connectivity index (χ2n) is 9.78. The second-order valence-corrected chi connectivity index (χ2v) is 9.78. The monoisotopic (exact) mass is 411 g/mol. The summed E-state index contributed by atoms with van der Waals surface area (Å²) in [5, 5.41) is 14.5. The molecule has 0 saturated heterocycles. The van der Waals surface area contributed by atoms with Crippen LogP contribution in [-0.2, 0) is 0 Å². The molecular weight excluding hydrogens is 366 g/mol. The Hall–Kier alpha value is -1.64. The summed E-state index contributed by atoms with van der Waals surface area (Å²) in [5.74, 6) is 0. The molecule has 0 aliphatic heterocycles. The first-order valence-electron chi connectivity index (χ1n) is 11.5. The van der Waals surface area contributed by atoms with Gasteiger partial charge in [0.15, 0.2) is 0 Å². The third-order valence-electron chi connectivity index (χ3n) is 6.10. The van der Waals surface area contributed by atoms with Crippen molar-refractivity contribution >= 4 is 0 Å². The van der Waals surface area contributed by atoms with Crippen molar-refractivity contribution in [3.63, 3.8) is 0 Å². The van der Waals surface area contributed by atoms with Crippen LogP contribution in [0.5, 0.6) is 0 Å². The van der Waals surface area contributed by atoms with Crippen molar-refractivity contribution in [1.29, 1.82) is 0 Å². The topological polar surface area (TPSA) is 32.3 Å². The van der Waals surface area contributed by atoms with Gasteiger partial charge in [0.25, 0.3) is 0 Å². The zero-order chi connectivity index (χ0) is 22.8. The molecule has 0 bridgehead atoms. The zero-order valence-electron chi connectivity index (χ0n) is 20.2. The van der Waals surface area contributed by atoms with Crippen molar-refractivity contribution in [2.24, 2.45) is 5.41 Å². The molecule has 2 N–H and O–H groups in total. The summed E-state index contributed by atoms with van der Waals surface area (Å²) in [7, 11) is 0. The molecule has 1 aliphatic rings. The summed E-state index contributed by atoms with van der Waals surface area (Å²) in [6.45, 7) is 23.3. The molecule has 1 aliphatic carbocycles. The zero-order valence-corrected chi connectivity index (χ0v) is 20.2. The van der Waals surface area contributed by atoms with Crippen LogP contribution in [0.4, 0.5) is 0 Å². The molecule has 0 amide bonds. The van der Waals surface area contributed by atoms with Gasteiger partial charge in [-0.1, -0.05) is 95.7 Å². The van der Waals surface area contributed by atoms with E-state index in [1.165, 1.54) is 30.4 Å². The smallest absolute Gasteiger partial charge is 0.0668 e. The van der Waals surface area contributed by atoms with Crippen LogP contribution in [0.25, 0.3) is 0 Å². The lowest BCUT2D eigenvalue weighted by Gasteiger charge is -2.41. The summed E-state index contributed by atoms with van der Waals surface area (Å²) >= 11 is 0. The maximum Gasteiger partial charge on any atom is 0.0668 e. The quantitative estimate of drug-likeness (QED) is 0.352. The summed E-state index contributed by atoms with van der Waals surface area (Å²) < 4.78 is 0. The Labute approximate surface area is 186 Å². The fourth-order valence-corrected chi connectivity index (χ4v) is 4.27. The Bertz CT molecular complexity index is 678. The van der Waals surface area contributed by atoms with Crippen molar-refractivity contribution in [3.05, 3.63) is 72.4 Å². The number of allylic oxidation sites excluding steroid dienone is 7. The molecule has 0 spiro atoms. The molecule has 0 heterocycles. The highest BCUT2D eigenvalue weighted by Gasteiger charge is 2.35. The minimum atomic E-state index is -0.388. The number of hydrogen-bond donors (Lipinski definition) is 2. The fourth-order valence-electron chi connectivity index (χ4n) is 4.27. The van der Waals surface area contributed by atoms with E-state index in [9.17, 15) is 5.11 Å². The Balaban J connectivity index is 2.95. The number of nitrogens with one attached hydrogen (secondary N) is 1. The van der Waals surface area contributed by atoms with E-state index in [1.807, 2.05) is 25.2 Å². The van der Waals surface area contributed by atoms with Crippen LogP contribution in [0, 0.1) is 5.41 Å². The molecule has 0 aromatic heterocycles. The van der Waals surface area contributed by atoms with Gasteiger partial charge in [-0.05, 0) is 61.7 Å². The first-order chi connectivity index (χ1) is 14.1. The van der Waals surface area contributed by atoms with Crippen molar-refractivity contribution in [1.82, 2.24) is 5.32 Å². The fraction of sp³-hybridized carbons (Fsp3) is 0.571. The number of hydrogen-bond acceptors (Lipinski definition) is 2. The van der Waals surface area contributed by atoms with E-state index >= 15 is 0 Å². The molecule has 0 radical (unpaired) electrons. The summed E-state index contributed by atoms with van der Waals surface area (Å²) in [5.41, 5.74) is 4.72. The maximum absolute atomic E-state index is 10.7. The number of aliphatic hydroxyl groups excluding tert-OH is 1. The predicted molar refractivity (Wildman–Crippen MR) is 134 cm³/mol. The van der Waals surface area contributed by atoms with Gasteiger partial charge in [0, 0.05) is 12.1 Å². The Morgan fingerprint density at radius 3 is 2.20 bits per heavy atom. The van der Waals surface area contributed by atoms with Gasteiger partial charge < -0.3 is 10.4 Å². The lowest BCUT2D eigenvalue weighted by molar-refractivity contribution is 0.142. The molecule has 0 aromatic carbocycles. The first kappa shape index (κ1) is 26.4. The average Bonchev–Trinajstić information content (AvgIpc) is 2.69. The third-order valence-corrected chi connectivity index (χ3v) is 6.10. The van der Waals surface area contributed by atoms with Gasteiger partial charge in [-0.15, -0.1) is 0 Å². The van der Waals surface area contributed by atoms with E-state index in [-0.39, 0.29) is 17.1 Å². The Kier molecular flexibility index (Phi) is 10.8. The van der Waals surface area contributed by atoms with E-state index in [4.69, 9.17) is 0 Å². The summed E-state index contributed by atoms with van der Waals surface area (Å²) in [6, 6.07) is 0. The standard InChI is InChI=1S/C28H45NO/c1-9-23(19-22(4)5)15-16-26(30)21-29-28(17-13-12-14-18-28)25(11-3)20-24(10-2)27(6,7)8/h9-11,19-20,26,29-30H,1-2,4,12-18,21H2,3,5-8H3/b23-19+,24-20+,25-11+. The van der Waals surface area contributed by atoms with Gasteiger partial charge in [0.2, 0.25) is 0 Å². The van der Waals surface area contributed by atoms with Crippen LogP contribution in [-0.4, -0.2) is 23.3 Å². The van der Waals surface area contributed by atoms with Gasteiger partial charge in [-0.25, -0.2) is 0 Å². The molecule has 1 fully saturated rings. The van der Waals surface area contributed by atoms with Crippen LogP contribution in [0.1, 0.15) is 79.6 Å². The predicted octanol–water partition coefficient (Wildman–Crippen LogP) is 7.21. The number of β-amino-alcohol motifs (C(OH)–C–C–N with tert-alkyl or cyclic N) is 1. The largest absolute Gasteiger partial charge is 0.392 e. The van der Waals surface area contributed by atoms with E-state index in [1.54, 1.807) is 0 Å². The number of aliphatic hydroxyl groups is 1. The van der Waals surface area contributed by atoms with Crippen LogP contribution in [0.3, 0.4) is 0 Å². The van der Waals surface area contributed by atoms with Crippen molar-refractivity contribution in [2.75, 3.05) is 6.54 Å². The van der Waals surface area contributed by atoms with Crippen molar-refractivity contribution < 1.29 is 5.11 Å². The Morgan fingerprint density at radius 1 is 1.10 bits per heavy atom. The van der Waals surface area contributed by atoms with Gasteiger partial charge in [-0.3, -0.25) is 0 Å². The second kappa shape index (κ2) is 12.3. The minimum absolute atomic E-state index is 0.0576. The molecule has 2 nitrogen and oxygen atoms in total. The molecule has 1 rings (SSSR count). The molecule has 1 unspecified atom stereocenters. The lowest BCUT2D eigenvalue weighted by Crippen LogP contribution is -2.50. The highest BCUT2D eigenvalue weighted by atomic mass is 16.3. The summed E-state index contributed by atoms with van der Waals surface area (Å²) in [4.78, 5) is 0. The molecule has 1 atom stereocenters. The van der Waals surface area contributed by atoms with Crippen LogP contribution in [0.2, 0.25) is 0 Å². The van der Waals surface area contributed by atoms with Crippen molar-refractivity contribution in [2.45, 2.75) is 91.2 Å². The molecule has 0 aromatic rings. The van der Waals surface area contributed by atoms with Crippen LogP contribution in [0.15, 0.2) is 72.4 Å². The lowest BCUT2D eigenvalue weighted by atomic mass is 9.74. The molecule has 30 heavy (non-hydrogen) atoms. The van der Waals surface area contributed by atoms with E-state index in [0.29, 0.717) is 6.54 Å². The van der Waals surface area contributed by atoms with Crippen molar-refractivity contribution in [3.8, 4) is 0 Å². The van der Waals surface area contributed by atoms with E-state index in [2.05, 4.69) is 64.9 Å². The molecule has 168 valence electrons. The third kappa shape index (κ3) is 8.24. The van der Waals surface area contributed by atoms with E-state index < -0.39 is 0 Å². The van der Waals surface area contributed by atoms with E-state index in [0.717, 1.165) is 36.8 Å². The molecular formula is C28H45NO. The summed E-state index contributed by atoms with van der Waals surface area (Å²) in [6.07, 6.45) is 17.5. The molecule has 1 saturated carbocycles. The molecule has 2 heteroatoms. The highest BCUT2D eigenvalue weighted by molar-refractivity contribution is 5.39. The minimum Gasteiger partial charge on any atom is -0.392 e. The Morgan fingerprint density at radius 2 is 1.73 bits per heavy atom. The van der Waals surface area contributed by atoms with Gasteiger partial charge >= 0.3 is 0 Å². The van der Waals surface area contributed by atoms with Crippen LogP contribution >= 0.6 is 0 Å². The van der Waals surface area contributed by atoms with Gasteiger partial charge in [0.05, 0.1) is 6.10 Å². The highest BCUT2D eigenvalue weighted by Crippen LogP contribution is 2.37. The van der Waals surface area contributed by atoms with Gasteiger partial charge in [-0.2, -0.15) is 0 Å². The normalized spacial score (nSPS) is 19.3. The SMILES string of the molecule is C=C/C(=C\C(=C)C)CCC(O)CNC1(C(/C=C(\C=C)C(C)(C)C)=C/C)CCCCC1. The maximum atomic E-state index is 10.7. The van der Waals surface area contributed by atoms with Gasteiger partial charge in [0.1, 0.15) is 0 Å². The first-order valence-corrected chi connectivity index (χ1v) is 11.5. The number of rotatable bonds is 11. The average molecular weight is 412 g/mol.